The SMILES string of the molecule is CCOC(=O)[C@@]1(C#N)[C@@H](c2ccc(OC)cc2)[C@@H]1S(=O)(=O)CC. The Morgan fingerprint density at radius 3 is 2.35 bits per heavy atom. The van der Waals surface area contributed by atoms with Crippen LogP contribution in [0.1, 0.15) is 25.3 Å². The Labute approximate surface area is 135 Å². The largest absolute Gasteiger partial charge is 0.497 e. The zero-order valence-electron chi connectivity index (χ0n) is 13.3. The maximum absolute atomic E-state index is 12.4. The van der Waals surface area contributed by atoms with Crippen LogP contribution < -0.4 is 4.74 Å². The highest BCUT2D eigenvalue weighted by Crippen LogP contribution is 2.63. The molecule has 1 aliphatic carbocycles. The third-order valence-corrected chi connectivity index (χ3v) is 6.42. The summed E-state index contributed by atoms with van der Waals surface area (Å²) in [5.74, 6) is -1.01. The second-order valence-electron chi connectivity index (χ2n) is 5.32. The number of esters is 1. The van der Waals surface area contributed by atoms with Gasteiger partial charge in [-0.2, -0.15) is 5.26 Å². The molecule has 0 N–H and O–H groups in total. The lowest BCUT2D eigenvalue weighted by Crippen LogP contribution is -2.26. The van der Waals surface area contributed by atoms with Gasteiger partial charge in [0.2, 0.25) is 0 Å². The van der Waals surface area contributed by atoms with Crippen molar-refractivity contribution in [2.24, 2.45) is 5.41 Å². The minimum absolute atomic E-state index is 0.0937. The molecular formula is C16H19NO5S. The fraction of sp³-hybridized carbons (Fsp3) is 0.500. The predicted octanol–water partition coefficient (Wildman–Crippen LogP) is 1.67. The van der Waals surface area contributed by atoms with E-state index in [2.05, 4.69) is 0 Å². The van der Waals surface area contributed by atoms with Crippen molar-refractivity contribution >= 4 is 15.8 Å². The van der Waals surface area contributed by atoms with Crippen molar-refractivity contribution < 1.29 is 22.7 Å². The van der Waals surface area contributed by atoms with Crippen LogP contribution in [-0.4, -0.2) is 39.1 Å². The van der Waals surface area contributed by atoms with E-state index in [9.17, 15) is 18.5 Å². The molecule has 23 heavy (non-hydrogen) atoms. The van der Waals surface area contributed by atoms with Gasteiger partial charge in [-0.05, 0) is 24.6 Å². The number of sulfone groups is 1. The van der Waals surface area contributed by atoms with E-state index in [1.807, 2.05) is 6.07 Å². The molecule has 0 amide bonds. The van der Waals surface area contributed by atoms with Crippen molar-refractivity contribution in [3.05, 3.63) is 29.8 Å². The van der Waals surface area contributed by atoms with Crippen molar-refractivity contribution in [2.45, 2.75) is 25.0 Å². The summed E-state index contributed by atoms with van der Waals surface area (Å²) in [6, 6.07) is 8.64. The highest BCUT2D eigenvalue weighted by Gasteiger charge is 2.77. The summed E-state index contributed by atoms with van der Waals surface area (Å²) >= 11 is 0. The Morgan fingerprint density at radius 2 is 1.91 bits per heavy atom. The van der Waals surface area contributed by atoms with Gasteiger partial charge in [0, 0.05) is 11.7 Å². The molecular weight excluding hydrogens is 318 g/mol. The Hall–Kier alpha value is -2.07. The molecule has 0 aromatic heterocycles. The minimum atomic E-state index is -3.58. The van der Waals surface area contributed by atoms with Gasteiger partial charge < -0.3 is 9.47 Å². The maximum atomic E-state index is 12.4. The number of carbonyl (C=O) groups excluding carboxylic acids is 1. The first-order valence-corrected chi connectivity index (χ1v) is 9.04. The zero-order chi connectivity index (χ0) is 17.3. The highest BCUT2D eigenvalue weighted by atomic mass is 32.2. The second kappa shape index (κ2) is 6.20. The topological polar surface area (TPSA) is 93.5 Å². The molecule has 0 saturated heterocycles. The number of nitrogens with zero attached hydrogens (tertiary/aromatic N) is 1. The molecule has 1 aliphatic rings. The van der Waals surface area contributed by atoms with Gasteiger partial charge in [0.05, 0.1) is 19.8 Å². The molecule has 0 heterocycles. The fourth-order valence-electron chi connectivity index (χ4n) is 2.95. The van der Waals surface area contributed by atoms with Gasteiger partial charge in [-0.3, -0.25) is 4.79 Å². The van der Waals surface area contributed by atoms with Gasteiger partial charge in [-0.25, -0.2) is 8.42 Å². The van der Waals surface area contributed by atoms with E-state index >= 15 is 0 Å². The van der Waals surface area contributed by atoms with Crippen LogP contribution >= 0.6 is 0 Å². The van der Waals surface area contributed by atoms with Crippen LogP contribution in [0.4, 0.5) is 0 Å². The van der Waals surface area contributed by atoms with Crippen LogP contribution in [0.5, 0.6) is 5.75 Å². The predicted molar refractivity (Wildman–Crippen MR) is 83.7 cm³/mol. The number of ether oxygens (including phenoxy) is 2. The summed E-state index contributed by atoms with van der Waals surface area (Å²) < 4.78 is 34.8. The number of benzene rings is 1. The first-order valence-electron chi connectivity index (χ1n) is 7.33. The maximum Gasteiger partial charge on any atom is 0.328 e. The van der Waals surface area contributed by atoms with Gasteiger partial charge in [0.1, 0.15) is 11.0 Å². The van der Waals surface area contributed by atoms with E-state index in [1.165, 1.54) is 14.0 Å². The van der Waals surface area contributed by atoms with E-state index < -0.39 is 32.4 Å². The summed E-state index contributed by atoms with van der Waals surface area (Å²) in [4.78, 5) is 12.3. The first-order chi connectivity index (χ1) is 10.9. The Bertz CT molecular complexity index is 735. The summed E-state index contributed by atoms with van der Waals surface area (Å²) in [5.41, 5.74) is -1.05. The van der Waals surface area contributed by atoms with E-state index in [0.717, 1.165) is 0 Å². The quantitative estimate of drug-likeness (QED) is 0.733. The van der Waals surface area contributed by atoms with Gasteiger partial charge >= 0.3 is 5.97 Å². The van der Waals surface area contributed by atoms with Crippen LogP contribution in [-0.2, 0) is 19.4 Å². The minimum Gasteiger partial charge on any atom is -0.497 e. The molecule has 1 aromatic carbocycles. The van der Waals surface area contributed by atoms with Crippen molar-refractivity contribution in [1.29, 1.82) is 5.26 Å². The van der Waals surface area contributed by atoms with E-state index in [1.54, 1.807) is 31.2 Å². The van der Waals surface area contributed by atoms with Crippen LogP contribution in [0.2, 0.25) is 0 Å². The number of nitriles is 1. The Balaban J connectivity index is 2.50. The van der Waals surface area contributed by atoms with Gasteiger partial charge in [0.25, 0.3) is 0 Å². The van der Waals surface area contributed by atoms with Crippen molar-refractivity contribution in [2.75, 3.05) is 19.5 Å². The van der Waals surface area contributed by atoms with Gasteiger partial charge in [-0.15, -0.1) is 0 Å². The van der Waals surface area contributed by atoms with Crippen LogP contribution in [0, 0.1) is 16.7 Å². The standard InChI is InChI=1S/C16H19NO5S/c1-4-22-15(18)16(10-17)13(14(16)23(19,20)5-2)11-6-8-12(21-3)9-7-11/h6-9,13-14H,4-5H2,1-3H3/t13-,14-,16-/m0/s1. The summed E-state index contributed by atoms with van der Waals surface area (Å²) in [5, 5.41) is 8.50. The number of hydrogen-bond donors (Lipinski definition) is 0. The van der Waals surface area contributed by atoms with Gasteiger partial charge in [-0.1, -0.05) is 19.1 Å². The smallest absolute Gasteiger partial charge is 0.328 e. The molecule has 0 radical (unpaired) electrons. The first kappa shape index (κ1) is 17.3. The summed E-state index contributed by atoms with van der Waals surface area (Å²) in [6.07, 6.45) is 0. The number of rotatable bonds is 6. The monoisotopic (exact) mass is 337 g/mol. The molecule has 124 valence electrons. The zero-order valence-corrected chi connectivity index (χ0v) is 14.1. The molecule has 7 heteroatoms. The number of methoxy groups -OCH3 is 1. The lowest BCUT2D eigenvalue weighted by atomic mass is 10.0. The molecule has 3 atom stereocenters. The lowest BCUT2D eigenvalue weighted by Gasteiger charge is -2.08. The molecule has 6 nitrogen and oxygen atoms in total. The second-order valence-corrected chi connectivity index (χ2v) is 7.74. The highest BCUT2D eigenvalue weighted by molar-refractivity contribution is 7.92. The normalized spacial score (nSPS) is 26.2. The Kier molecular flexibility index (Phi) is 4.66. The van der Waals surface area contributed by atoms with Crippen molar-refractivity contribution in [1.82, 2.24) is 0 Å². The van der Waals surface area contributed by atoms with E-state index in [0.29, 0.717) is 11.3 Å². The van der Waals surface area contributed by atoms with Crippen LogP contribution in [0.25, 0.3) is 0 Å². The fourth-order valence-corrected chi connectivity index (χ4v) is 4.88. The molecule has 1 aromatic rings. The molecule has 0 aliphatic heterocycles. The molecule has 0 unspecified atom stereocenters. The van der Waals surface area contributed by atoms with Crippen molar-refractivity contribution in [3.8, 4) is 11.8 Å². The molecule has 0 spiro atoms. The number of hydrogen-bond acceptors (Lipinski definition) is 6. The molecule has 2 rings (SSSR count). The lowest BCUT2D eigenvalue weighted by molar-refractivity contribution is -0.147. The molecule has 1 saturated carbocycles. The molecule has 0 bridgehead atoms. The van der Waals surface area contributed by atoms with E-state index in [4.69, 9.17) is 9.47 Å². The summed E-state index contributed by atoms with van der Waals surface area (Å²) in [7, 11) is -2.05. The van der Waals surface area contributed by atoms with Crippen LogP contribution in [0.15, 0.2) is 24.3 Å². The van der Waals surface area contributed by atoms with E-state index in [-0.39, 0.29) is 12.4 Å². The molecule has 1 fully saturated rings. The van der Waals surface area contributed by atoms with Crippen molar-refractivity contribution in [3.63, 3.8) is 0 Å². The summed E-state index contributed by atoms with van der Waals surface area (Å²) in [6.45, 7) is 3.22. The third kappa shape index (κ3) is 2.68. The third-order valence-electron chi connectivity index (χ3n) is 4.20. The number of carbonyl (C=O) groups is 1. The average Bonchev–Trinajstić information content (AvgIpc) is 3.26. The van der Waals surface area contributed by atoms with Gasteiger partial charge in [0.15, 0.2) is 15.3 Å². The van der Waals surface area contributed by atoms with Crippen LogP contribution in [0.3, 0.4) is 0 Å². The average molecular weight is 337 g/mol. The Morgan fingerprint density at radius 1 is 1.30 bits per heavy atom.